The van der Waals surface area contributed by atoms with Crippen molar-refractivity contribution in [1.29, 1.82) is 0 Å². The fourth-order valence-corrected chi connectivity index (χ4v) is 3.76. The number of hydrogen-bond donors (Lipinski definition) is 0. The SMILES string of the molecule is O=C1C=CC2CCC3=CCC4=C3C2=C(C1)CC4=O. The van der Waals surface area contributed by atoms with Gasteiger partial charge < -0.3 is 0 Å². The lowest BCUT2D eigenvalue weighted by Gasteiger charge is -2.32. The van der Waals surface area contributed by atoms with E-state index in [4.69, 9.17) is 0 Å². The highest BCUT2D eigenvalue weighted by Crippen LogP contribution is 2.50. The molecule has 4 aliphatic rings. The molecule has 0 aromatic heterocycles. The van der Waals surface area contributed by atoms with Gasteiger partial charge in [-0.15, -0.1) is 0 Å². The van der Waals surface area contributed by atoms with Crippen LogP contribution in [0.4, 0.5) is 0 Å². The number of rotatable bonds is 0. The van der Waals surface area contributed by atoms with Gasteiger partial charge in [0.25, 0.3) is 0 Å². The topological polar surface area (TPSA) is 34.1 Å². The third-order valence-corrected chi connectivity index (χ3v) is 4.53. The van der Waals surface area contributed by atoms with Crippen LogP contribution in [0.1, 0.15) is 32.1 Å². The largest absolute Gasteiger partial charge is 0.295 e. The van der Waals surface area contributed by atoms with Crippen molar-refractivity contribution in [3.63, 3.8) is 0 Å². The first-order valence-corrected chi connectivity index (χ1v) is 6.63. The third kappa shape index (κ3) is 1.23. The van der Waals surface area contributed by atoms with Gasteiger partial charge in [-0.2, -0.15) is 0 Å². The maximum atomic E-state index is 12.2. The second-order valence-corrected chi connectivity index (χ2v) is 5.55. The van der Waals surface area contributed by atoms with Crippen LogP contribution in [0, 0.1) is 5.92 Å². The number of ketones is 2. The highest BCUT2D eigenvalue weighted by molar-refractivity contribution is 6.04. The van der Waals surface area contributed by atoms with Crippen LogP contribution in [0.5, 0.6) is 0 Å². The minimum absolute atomic E-state index is 0.146. The van der Waals surface area contributed by atoms with Crippen LogP contribution in [-0.4, -0.2) is 11.6 Å². The van der Waals surface area contributed by atoms with Gasteiger partial charge in [0.05, 0.1) is 0 Å². The highest BCUT2D eigenvalue weighted by Gasteiger charge is 2.38. The first-order valence-electron chi connectivity index (χ1n) is 6.63. The Morgan fingerprint density at radius 2 is 2.06 bits per heavy atom. The van der Waals surface area contributed by atoms with E-state index in [1.165, 1.54) is 16.7 Å². The fraction of sp³-hybridized carbons (Fsp3) is 0.375. The second kappa shape index (κ2) is 3.41. The van der Waals surface area contributed by atoms with Gasteiger partial charge in [0.15, 0.2) is 11.6 Å². The highest BCUT2D eigenvalue weighted by atomic mass is 16.1. The average molecular weight is 238 g/mol. The Labute approximate surface area is 106 Å². The van der Waals surface area contributed by atoms with Crippen LogP contribution < -0.4 is 0 Å². The van der Waals surface area contributed by atoms with Crippen molar-refractivity contribution in [2.75, 3.05) is 0 Å². The standard InChI is InChI=1S/C16H14O2/c17-12-5-3-9-1-2-10-4-6-13-14(18)8-11(7-12)15(9)16(10)13/h3-5,9H,1-2,6-8H2. The van der Waals surface area contributed by atoms with Gasteiger partial charge in [0.2, 0.25) is 0 Å². The van der Waals surface area contributed by atoms with E-state index in [9.17, 15) is 9.59 Å². The van der Waals surface area contributed by atoms with Crippen LogP contribution in [0.25, 0.3) is 0 Å². The van der Waals surface area contributed by atoms with Crippen LogP contribution in [-0.2, 0) is 9.59 Å². The molecule has 4 rings (SSSR count). The molecule has 1 unspecified atom stereocenters. The number of hydrogen-bond acceptors (Lipinski definition) is 2. The molecule has 0 bridgehead atoms. The van der Waals surface area contributed by atoms with Gasteiger partial charge in [-0.3, -0.25) is 9.59 Å². The minimum Gasteiger partial charge on any atom is -0.295 e. The summed E-state index contributed by atoms with van der Waals surface area (Å²) in [6.07, 6.45) is 9.84. The Bertz CT molecular complexity index is 611. The maximum absolute atomic E-state index is 12.2. The molecule has 1 fully saturated rings. The normalized spacial score (nSPS) is 29.6. The van der Waals surface area contributed by atoms with Crippen molar-refractivity contribution < 1.29 is 9.59 Å². The Morgan fingerprint density at radius 1 is 1.17 bits per heavy atom. The predicted octanol–water partition coefficient (Wildman–Crippen LogP) is 2.82. The van der Waals surface area contributed by atoms with E-state index < -0.39 is 0 Å². The lowest BCUT2D eigenvalue weighted by Crippen LogP contribution is -2.21. The molecule has 0 aromatic carbocycles. The third-order valence-electron chi connectivity index (χ3n) is 4.53. The second-order valence-electron chi connectivity index (χ2n) is 5.55. The Balaban J connectivity index is 1.97. The summed E-state index contributed by atoms with van der Waals surface area (Å²) in [6, 6.07) is 0. The molecular formula is C16H14O2. The molecule has 18 heavy (non-hydrogen) atoms. The molecule has 0 spiro atoms. The molecule has 4 aliphatic carbocycles. The van der Waals surface area contributed by atoms with Crippen molar-refractivity contribution in [1.82, 2.24) is 0 Å². The molecule has 1 saturated carbocycles. The number of allylic oxidation sites excluding steroid dienone is 8. The molecular weight excluding hydrogens is 224 g/mol. The molecule has 2 nitrogen and oxygen atoms in total. The van der Waals surface area contributed by atoms with Crippen LogP contribution >= 0.6 is 0 Å². The monoisotopic (exact) mass is 238 g/mol. The van der Waals surface area contributed by atoms with E-state index in [2.05, 4.69) is 12.2 Å². The summed E-state index contributed by atoms with van der Waals surface area (Å²) >= 11 is 0. The molecule has 0 aliphatic heterocycles. The van der Waals surface area contributed by atoms with Gasteiger partial charge in [-0.25, -0.2) is 0 Å². The average Bonchev–Trinajstić information content (AvgIpc) is 2.71. The van der Waals surface area contributed by atoms with Crippen molar-refractivity contribution in [3.8, 4) is 0 Å². The zero-order chi connectivity index (χ0) is 12.3. The summed E-state index contributed by atoms with van der Waals surface area (Å²) in [5.74, 6) is 0.748. The Morgan fingerprint density at radius 3 is 2.94 bits per heavy atom. The van der Waals surface area contributed by atoms with Crippen LogP contribution in [0.2, 0.25) is 0 Å². The minimum atomic E-state index is 0.146. The zero-order valence-corrected chi connectivity index (χ0v) is 10.2. The summed E-state index contributed by atoms with van der Waals surface area (Å²) in [6.45, 7) is 0. The first kappa shape index (κ1) is 10.2. The summed E-state index contributed by atoms with van der Waals surface area (Å²) in [7, 11) is 0. The Hall–Kier alpha value is -1.70. The lowest BCUT2D eigenvalue weighted by molar-refractivity contribution is -0.115. The summed E-state index contributed by atoms with van der Waals surface area (Å²) < 4.78 is 0. The van der Waals surface area contributed by atoms with E-state index in [1.54, 1.807) is 6.08 Å². The smallest absolute Gasteiger partial charge is 0.163 e. The molecule has 90 valence electrons. The molecule has 0 radical (unpaired) electrons. The number of Topliss-reactive ketones (excluding diaryl/α,β-unsaturated/α-hetero) is 1. The number of carbonyl (C=O) groups is 2. The molecule has 0 saturated heterocycles. The summed E-state index contributed by atoms with van der Waals surface area (Å²) in [4.78, 5) is 23.9. The van der Waals surface area contributed by atoms with Crippen LogP contribution in [0.3, 0.4) is 0 Å². The van der Waals surface area contributed by atoms with Crippen LogP contribution in [0.15, 0.2) is 46.1 Å². The predicted molar refractivity (Wildman–Crippen MR) is 67.9 cm³/mol. The van der Waals surface area contributed by atoms with E-state index in [1.807, 2.05) is 0 Å². The van der Waals surface area contributed by atoms with Gasteiger partial charge in [0.1, 0.15) is 0 Å². The quantitative estimate of drug-likeness (QED) is 0.650. The van der Waals surface area contributed by atoms with Gasteiger partial charge >= 0.3 is 0 Å². The van der Waals surface area contributed by atoms with Gasteiger partial charge in [-0.05, 0) is 42.1 Å². The van der Waals surface area contributed by atoms with Crippen molar-refractivity contribution >= 4 is 11.6 Å². The first-order chi connectivity index (χ1) is 8.74. The molecule has 0 amide bonds. The van der Waals surface area contributed by atoms with Crippen molar-refractivity contribution in [2.45, 2.75) is 32.1 Å². The van der Waals surface area contributed by atoms with E-state index in [-0.39, 0.29) is 11.6 Å². The molecule has 0 aromatic rings. The van der Waals surface area contributed by atoms with E-state index in [0.29, 0.717) is 18.8 Å². The maximum Gasteiger partial charge on any atom is 0.163 e. The zero-order valence-electron chi connectivity index (χ0n) is 10.2. The number of carbonyl (C=O) groups excluding carboxylic acids is 2. The molecule has 1 atom stereocenters. The Kier molecular flexibility index (Phi) is 1.94. The van der Waals surface area contributed by atoms with E-state index in [0.717, 1.165) is 30.4 Å². The van der Waals surface area contributed by atoms with Gasteiger partial charge in [-0.1, -0.05) is 17.7 Å². The van der Waals surface area contributed by atoms with E-state index >= 15 is 0 Å². The van der Waals surface area contributed by atoms with Crippen molar-refractivity contribution in [3.05, 3.63) is 46.1 Å². The summed E-state index contributed by atoms with van der Waals surface area (Å²) in [5, 5.41) is 0. The van der Waals surface area contributed by atoms with Gasteiger partial charge in [0, 0.05) is 24.3 Å². The molecule has 2 heteroatoms. The fourth-order valence-electron chi connectivity index (χ4n) is 3.76. The van der Waals surface area contributed by atoms with Crippen molar-refractivity contribution in [2.24, 2.45) is 5.92 Å². The molecule has 0 heterocycles. The lowest BCUT2D eigenvalue weighted by atomic mass is 9.72. The summed E-state index contributed by atoms with van der Waals surface area (Å²) in [5.41, 5.74) is 5.99. The molecule has 0 N–H and O–H groups in total.